The molecule has 2 unspecified atom stereocenters. The molecule has 5 aromatic rings. The number of carbonyl (C=O) groups is 5. The summed E-state index contributed by atoms with van der Waals surface area (Å²) in [5, 5.41) is 154. The number of hydrogen-bond acceptors (Lipinski definition) is 26. The third-order valence-corrected chi connectivity index (χ3v) is 10.0. The minimum atomic E-state index is -2.58. The fourth-order valence-corrected chi connectivity index (χ4v) is 6.77. The van der Waals surface area contributed by atoms with Crippen LogP contribution in [-0.2, 0) is 28.4 Å². The Hall–Kier alpha value is -9.59. The van der Waals surface area contributed by atoms with Crippen LogP contribution in [0, 0.1) is 0 Å². The number of fused-ring (bicyclic) bond motifs is 4. The van der Waals surface area contributed by atoms with Crippen molar-refractivity contribution in [2.45, 2.75) is 30.7 Å². The number of rotatable bonds is 7. The van der Waals surface area contributed by atoms with E-state index in [1.54, 1.807) is 0 Å². The van der Waals surface area contributed by atoms with Gasteiger partial charge in [0.05, 0.1) is 16.7 Å². The average Bonchev–Trinajstić information content (AvgIpc) is 3.27. The first-order chi connectivity index (χ1) is 31.5. The Morgan fingerprint density at radius 3 is 1.18 bits per heavy atom. The Bertz CT molecular complexity index is 2870. The molecule has 67 heavy (non-hydrogen) atoms. The fraction of sp³-hybridized carbons (Fsp3) is 0.146. The first-order valence-corrected chi connectivity index (χ1v) is 18.5. The molecule has 0 amide bonds. The molecular weight excluding hydrogens is 908 g/mol. The summed E-state index contributed by atoms with van der Waals surface area (Å²) in [4.78, 5) is 69.5. The smallest absolute Gasteiger partial charge is 0.343 e. The Morgan fingerprint density at radius 2 is 0.776 bits per heavy atom. The van der Waals surface area contributed by atoms with Gasteiger partial charge in [-0.2, -0.15) is 0 Å². The summed E-state index contributed by atoms with van der Waals surface area (Å²) in [5.41, 5.74) is -6.33. The summed E-state index contributed by atoms with van der Waals surface area (Å²) >= 11 is 0. The van der Waals surface area contributed by atoms with Gasteiger partial charge in [0.15, 0.2) is 87.0 Å². The van der Waals surface area contributed by atoms with Crippen molar-refractivity contribution < 1.29 is 129 Å². The summed E-state index contributed by atoms with van der Waals surface area (Å²) in [6, 6.07) is 4.49. The molecule has 5 atom stereocenters. The standard InChI is InChI=1S/C41H30O26/c42-15-1-10(2-16(43)26(15)50)36(57)62-9-23-33(64-37(58)11-3-17(44)27(51)18(45)4-11)34-35(41(63-23)67-38(59)12-5-19(46)28(52)20(47)6-12)66-40(61)25-14(8-22(49)30(54)32(25)56)13-7-21(48)29(53)31(55)24(13)39(60)65-34/h1-8,23,33-35,41-56H,9H2/t23-,33-,34?,35?,41+/m1/s1. The minimum absolute atomic E-state index is 0.520. The number of carbonyl (C=O) groups excluding carboxylic acids is 5. The van der Waals surface area contributed by atoms with Gasteiger partial charge in [0.25, 0.3) is 0 Å². The van der Waals surface area contributed by atoms with Gasteiger partial charge >= 0.3 is 29.8 Å². The molecule has 15 N–H and O–H groups in total. The van der Waals surface area contributed by atoms with Crippen molar-refractivity contribution in [2.24, 2.45) is 0 Å². The highest BCUT2D eigenvalue weighted by molar-refractivity contribution is 6.08. The molecule has 1 fully saturated rings. The Labute approximate surface area is 369 Å². The Kier molecular flexibility index (Phi) is 11.4. The number of benzene rings is 5. The van der Waals surface area contributed by atoms with Gasteiger partial charge in [-0.1, -0.05) is 0 Å². The van der Waals surface area contributed by atoms with Crippen molar-refractivity contribution in [3.63, 3.8) is 0 Å². The van der Waals surface area contributed by atoms with Crippen molar-refractivity contribution in [1.82, 2.24) is 0 Å². The second-order valence-electron chi connectivity index (χ2n) is 14.3. The summed E-state index contributed by atoms with van der Waals surface area (Å²) in [7, 11) is 0. The van der Waals surface area contributed by atoms with Crippen LogP contribution in [0.1, 0.15) is 51.8 Å². The van der Waals surface area contributed by atoms with E-state index >= 15 is 0 Å². The monoisotopic (exact) mass is 938 g/mol. The molecule has 7 rings (SSSR count). The molecule has 2 aliphatic heterocycles. The molecule has 5 aromatic carbocycles. The molecule has 1 saturated heterocycles. The number of phenols is 15. The quantitative estimate of drug-likeness (QED) is 0.0627. The maximum Gasteiger partial charge on any atom is 0.343 e. The first kappa shape index (κ1) is 45.4. The average molecular weight is 939 g/mol. The number of esters is 5. The molecule has 0 aliphatic carbocycles. The highest BCUT2D eigenvalue weighted by atomic mass is 16.7. The second kappa shape index (κ2) is 16.8. The third kappa shape index (κ3) is 8.12. The third-order valence-electron chi connectivity index (χ3n) is 10.0. The van der Waals surface area contributed by atoms with Gasteiger partial charge in [-0.05, 0) is 48.5 Å². The van der Waals surface area contributed by atoms with Crippen LogP contribution in [0.3, 0.4) is 0 Å². The summed E-state index contributed by atoms with van der Waals surface area (Å²) in [5.74, 6) is -26.3. The number of aromatic hydroxyl groups is 15. The van der Waals surface area contributed by atoms with Crippen molar-refractivity contribution in [3.05, 3.63) is 76.3 Å². The van der Waals surface area contributed by atoms with Crippen LogP contribution in [-0.4, -0.2) is 144 Å². The van der Waals surface area contributed by atoms with Crippen LogP contribution >= 0.6 is 0 Å². The molecule has 0 bridgehead atoms. The summed E-state index contributed by atoms with van der Waals surface area (Å²) < 4.78 is 33.3. The maximum absolute atomic E-state index is 14.4. The highest BCUT2D eigenvalue weighted by Gasteiger charge is 2.56. The lowest BCUT2D eigenvalue weighted by Gasteiger charge is -2.44. The van der Waals surface area contributed by atoms with Gasteiger partial charge in [0.2, 0.25) is 23.9 Å². The van der Waals surface area contributed by atoms with E-state index in [0.717, 1.165) is 0 Å². The van der Waals surface area contributed by atoms with Crippen molar-refractivity contribution >= 4 is 29.8 Å². The lowest BCUT2D eigenvalue weighted by atomic mass is 9.91. The van der Waals surface area contributed by atoms with Crippen molar-refractivity contribution in [3.8, 4) is 97.4 Å². The van der Waals surface area contributed by atoms with E-state index in [2.05, 4.69) is 0 Å². The lowest BCUT2D eigenvalue weighted by molar-refractivity contribution is -0.283. The van der Waals surface area contributed by atoms with E-state index in [4.69, 9.17) is 28.4 Å². The molecule has 2 aliphatic rings. The van der Waals surface area contributed by atoms with Crippen molar-refractivity contribution in [2.75, 3.05) is 6.61 Å². The first-order valence-electron chi connectivity index (χ1n) is 18.5. The maximum atomic E-state index is 14.4. The molecule has 0 aromatic heterocycles. The second-order valence-corrected chi connectivity index (χ2v) is 14.3. The minimum Gasteiger partial charge on any atom is -0.504 e. The van der Waals surface area contributed by atoms with E-state index in [9.17, 15) is 101 Å². The zero-order chi connectivity index (χ0) is 49.1. The van der Waals surface area contributed by atoms with E-state index < -0.39 is 192 Å². The summed E-state index contributed by atoms with van der Waals surface area (Å²) in [6.45, 7) is -1.26. The number of ether oxygens (including phenoxy) is 6. The van der Waals surface area contributed by atoms with E-state index in [-0.39, 0.29) is 0 Å². The fourth-order valence-electron chi connectivity index (χ4n) is 6.77. The van der Waals surface area contributed by atoms with E-state index in [1.165, 1.54) is 0 Å². The molecule has 26 nitrogen and oxygen atoms in total. The van der Waals surface area contributed by atoms with Crippen molar-refractivity contribution in [1.29, 1.82) is 0 Å². The molecule has 26 heteroatoms. The molecule has 0 saturated carbocycles. The molecule has 2 heterocycles. The predicted octanol–water partition coefficient (Wildman–Crippen LogP) is 1.67. The molecular formula is C41H30O26. The molecule has 350 valence electrons. The molecule has 0 spiro atoms. The van der Waals surface area contributed by atoms with Gasteiger partial charge in [0.1, 0.15) is 23.8 Å². The van der Waals surface area contributed by atoms with Gasteiger partial charge in [0, 0.05) is 11.1 Å². The highest BCUT2D eigenvalue weighted by Crippen LogP contribution is 2.50. The van der Waals surface area contributed by atoms with Crippen LogP contribution < -0.4 is 0 Å². The van der Waals surface area contributed by atoms with Crippen LogP contribution in [0.5, 0.6) is 86.2 Å². The zero-order valence-electron chi connectivity index (χ0n) is 32.9. The zero-order valence-corrected chi connectivity index (χ0v) is 32.9. The van der Waals surface area contributed by atoms with Gasteiger partial charge in [-0.25, -0.2) is 24.0 Å². The van der Waals surface area contributed by atoms with Crippen LogP contribution in [0.2, 0.25) is 0 Å². The van der Waals surface area contributed by atoms with E-state index in [0.29, 0.717) is 48.5 Å². The predicted molar refractivity (Wildman–Crippen MR) is 208 cm³/mol. The lowest BCUT2D eigenvalue weighted by Crippen LogP contribution is -2.63. The SMILES string of the molecule is O=C(OC[C@H]1O[C@@H](OC(=O)c2cc(O)c(O)c(O)c2)C2OC(=O)c3c(cc(O)c(O)c3O)-c3cc(O)c(O)c(O)c3C(=O)OC2[C@@H]1OC(=O)c1cc(O)c(O)c(O)c1)c1cc(O)c(O)c(O)c1. The normalized spacial score (nSPS) is 18.8. The molecule has 0 radical (unpaired) electrons. The van der Waals surface area contributed by atoms with Gasteiger partial charge in [-0.15, -0.1) is 0 Å². The van der Waals surface area contributed by atoms with Crippen LogP contribution in [0.15, 0.2) is 48.5 Å². The van der Waals surface area contributed by atoms with E-state index in [1.807, 2.05) is 0 Å². The number of phenolic OH excluding ortho intramolecular Hbond substituents is 15. The Balaban J connectivity index is 1.43. The van der Waals surface area contributed by atoms with Crippen LogP contribution in [0.4, 0.5) is 0 Å². The Morgan fingerprint density at radius 1 is 0.433 bits per heavy atom. The van der Waals surface area contributed by atoms with Gasteiger partial charge < -0.3 is 105 Å². The largest absolute Gasteiger partial charge is 0.504 e. The number of hydrogen-bond donors (Lipinski definition) is 15. The summed E-state index contributed by atoms with van der Waals surface area (Å²) in [6.07, 6.45) is -12.3. The topological polar surface area (TPSA) is 444 Å². The van der Waals surface area contributed by atoms with Gasteiger partial charge in [-0.3, -0.25) is 0 Å². The van der Waals surface area contributed by atoms with Crippen LogP contribution in [0.25, 0.3) is 11.1 Å².